The van der Waals surface area contributed by atoms with E-state index in [0.717, 1.165) is 6.42 Å². The number of ether oxygens (including phenoxy) is 1. The van der Waals surface area contributed by atoms with E-state index in [1.165, 1.54) is 18.9 Å². The molecule has 0 saturated heterocycles. The summed E-state index contributed by atoms with van der Waals surface area (Å²) in [6, 6.07) is 0. The number of hydrogen-bond donors (Lipinski definition) is 1. The van der Waals surface area contributed by atoms with E-state index in [-0.39, 0.29) is 11.7 Å². The molecule has 0 saturated carbocycles. The summed E-state index contributed by atoms with van der Waals surface area (Å²) in [6.45, 7) is 2.60. The van der Waals surface area contributed by atoms with Crippen molar-refractivity contribution in [3.8, 4) is 0 Å². The average molecular weight is 324 g/mol. The van der Waals surface area contributed by atoms with Crippen LogP contribution in [0.3, 0.4) is 0 Å². The minimum Gasteiger partial charge on any atom is -0.468 e. The van der Waals surface area contributed by atoms with Crippen LogP contribution < -0.4 is 5.69 Å². The minimum atomic E-state index is -0.403. The summed E-state index contributed by atoms with van der Waals surface area (Å²) in [7, 11) is 1.34. The van der Waals surface area contributed by atoms with Crippen LogP contribution in [0, 0.1) is 0 Å². The molecule has 96 valence electrons. The minimum absolute atomic E-state index is 0.224. The Morgan fingerprint density at radius 2 is 2.41 bits per heavy atom. The molecule has 0 bridgehead atoms. The molecule has 1 heterocycles. The van der Waals surface area contributed by atoms with Crippen molar-refractivity contribution in [2.75, 3.05) is 12.9 Å². The van der Waals surface area contributed by atoms with Gasteiger partial charge in [-0.15, -0.1) is 5.10 Å². The van der Waals surface area contributed by atoms with Crippen molar-refractivity contribution >= 4 is 33.7 Å². The fourth-order valence-electron chi connectivity index (χ4n) is 1.18. The lowest BCUT2D eigenvalue weighted by molar-refractivity contribution is -0.139. The van der Waals surface area contributed by atoms with Crippen LogP contribution >= 0.6 is 27.7 Å². The highest BCUT2D eigenvalue weighted by molar-refractivity contribution is 9.10. The van der Waals surface area contributed by atoms with Gasteiger partial charge in [0.05, 0.1) is 7.11 Å². The van der Waals surface area contributed by atoms with E-state index >= 15 is 0 Å². The molecular formula is C9H14BrN3O3S. The van der Waals surface area contributed by atoms with E-state index in [9.17, 15) is 9.59 Å². The summed E-state index contributed by atoms with van der Waals surface area (Å²) in [5.74, 6) is 0.123. The first kappa shape index (κ1) is 14.3. The van der Waals surface area contributed by atoms with Crippen molar-refractivity contribution in [3.05, 3.63) is 10.5 Å². The van der Waals surface area contributed by atoms with Crippen molar-refractivity contribution < 1.29 is 9.53 Å². The Morgan fingerprint density at radius 3 is 3.00 bits per heavy atom. The van der Waals surface area contributed by atoms with Crippen LogP contribution in [0.25, 0.3) is 0 Å². The van der Waals surface area contributed by atoms with Gasteiger partial charge in [0.25, 0.3) is 0 Å². The van der Waals surface area contributed by atoms with Crippen LogP contribution in [0.5, 0.6) is 0 Å². The molecule has 0 radical (unpaired) electrons. The third-order valence-corrected chi connectivity index (χ3v) is 4.18. The van der Waals surface area contributed by atoms with Crippen molar-refractivity contribution in [1.29, 1.82) is 0 Å². The predicted molar refractivity (Wildman–Crippen MR) is 68.6 cm³/mol. The number of nitrogens with one attached hydrogen (secondary N) is 1. The number of rotatable bonds is 6. The molecule has 17 heavy (non-hydrogen) atoms. The third-order valence-electron chi connectivity index (χ3n) is 1.99. The first-order chi connectivity index (χ1) is 8.10. The molecule has 0 aliphatic carbocycles. The molecule has 0 aromatic carbocycles. The number of H-pyrrole nitrogens is 1. The number of aromatic nitrogens is 3. The van der Waals surface area contributed by atoms with Gasteiger partial charge in [-0.2, -0.15) is 0 Å². The van der Waals surface area contributed by atoms with Crippen LogP contribution in [0.4, 0.5) is 0 Å². The van der Waals surface area contributed by atoms with Gasteiger partial charge in [-0.25, -0.2) is 9.89 Å². The van der Waals surface area contributed by atoms with Crippen LogP contribution in [0.15, 0.2) is 9.95 Å². The second-order valence-corrected chi connectivity index (χ2v) is 5.36. The highest BCUT2D eigenvalue weighted by atomic mass is 79.9. The molecule has 0 fully saturated rings. The lowest BCUT2D eigenvalue weighted by Crippen LogP contribution is -2.20. The third kappa shape index (κ3) is 3.88. The number of halogens is 1. The van der Waals surface area contributed by atoms with Gasteiger partial charge < -0.3 is 4.74 Å². The molecule has 6 nitrogen and oxygen atoms in total. The lowest BCUT2D eigenvalue weighted by atomic mass is 10.5. The molecule has 0 amide bonds. The Kier molecular flexibility index (Phi) is 5.76. The highest BCUT2D eigenvalue weighted by Crippen LogP contribution is 2.18. The predicted octanol–water partition coefficient (Wildman–Crippen LogP) is 1.01. The van der Waals surface area contributed by atoms with Crippen LogP contribution in [-0.4, -0.2) is 38.4 Å². The number of hydrogen-bond acceptors (Lipinski definition) is 5. The van der Waals surface area contributed by atoms with Gasteiger partial charge >= 0.3 is 11.7 Å². The molecule has 1 N–H and O–H groups in total. The van der Waals surface area contributed by atoms with Gasteiger partial charge in [-0.05, 0) is 6.42 Å². The number of aromatic amines is 1. The van der Waals surface area contributed by atoms with E-state index in [1.807, 2.05) is 6.92 Å². The summed E-state index contributed by atoms with van der Waals surface area (Å²) < 4.78 is 6.14. The molecule has 1 rings (SSSR count). The number of alkyl halides is 1. The largest absolute Gasteiger partial charge is 0.468 e. The summed E-state index contributed by atoms with van der Waals surface area (Å²) in [6.07, 6.45) is 0.849. The van der Waals surface area contributed by atoms with E-state index in [0.29, 0.717) is 17.5 Å². The molecule has 8 heteroatoms. The number of thioether (sulfide) groups is 1. The Morgan fingerprint density at radius 1 is 1.71 bits per heavy atom. The Balaban J connectivity index is 2.63. The lowest BCUT2D eigenvalue weighted by Gasteiger charge is -2.07. The fourth-order valence-corrected chi connectivity index (χ4v) is 2.63. The molecule has 1 atom stereocenters. The van der Waals surface area contributed by atoms with E-state index in [1.54, 1.807) is 4.57 Å². The summed E-state index contributed by atoms with van der Waals surface area (Å²) in [5, 5.41) is 6.89. The molecule has 1 aromatic rings. The van der Waals surface area contributed by atoms with E-state index in [4.69, 9.17) is 0 Å². The molecule has 0 aliphatic rings. The first-order valence-electron chi connectivity index (χ1n) is 5.10. The van der Waals surface area contributed by atoms with Crippen LogP contribution in [0.2, 0.25) is 0 Å². The monoisotopic (exact) mass is 323 g/mol. The second kappa shape index (κ2) is 6.85. The van der Waals surface area contributed by atoms with E-state index in [2.05, 4.69) is 30.9 Å². The Labute approximate surface area is 111 Å². The number of carbonyl (C=O) groups excluding carboxylic acids is 1. The molecular weight excluding hydrogens is 310 g/mol. The SMILES string of the molecule is CCCn1c(SCC(Br)C(=O)OC)n[nH]c1=O. The van der Waals surface area contributed by atoms with Crippen molar-refractivity contribution in [2.45, 2.75) is 29.9 Å². The smallest absolute Gasteiger partial charge is 0.343 e. The van der Waals surface area contributed by atoms with Crippen molar-refractivity contribution in [3.63, 3.8) is 0 Å². The first-order valence-corrected chi connectivity index (χ1v) is 7.00. The topological polar surface area (TPSA) is 77.0 Å². The molecule has 0 spiro atoms. The number of carbonyl (C=O) groups is 1. The summed E-state index contributed by atoms with van der Waals surface area (Å²) >= 11 is 4.54. The Hall–Kier alpha value is -0.760. The normalized spacial score (nSPS) is 12.4. The Bertz CT molecular complexity index is 431. The van der Waals surface area contributed by atoms with Crippen LogP contribution in [-0.2, 0) is 16.1 Å². The zero-order valence-corrected chi connectivity index (χ0v) is 12.0. The van der Waals surface area contributed by atoms with Gasteiger partial charge in [0.1, 0.15) is 4.83 Å². The fraction of sp³-hybridized carbons (Fsp3) is 0.667. The maximum absolute atomic E-state index is 11.4. The molecule has 1 unspecified atom stereocenters. The van der Waals surface area contributed by atoms with Crippen LogP contribution in [0.1, 0.15) is 13.3 Å². The zero-order valence-electron chi connectivity index (χ0n) is 9.60. The number of nitrogens with zero attached hydrogens (tertiary/aromatic N) is 2. The number of methoxy groups -OCH3 is 1. The van der Waals surface area contributed by atoms with Crippen molar-refractivity contribution in [1.82, 2.24) is 14.8 Å². The van der Waals surface area contributed by atoms with Gasteiger partial charge in [0.15, 0.2) is 5.16 Å². The van der Waals surface area contributed by atoms with Gasteiger partial charge in [-0.1, -0.05) is 34.6 Å². The molecule has 0 aliphatic heterocycles. The average Bonchev–Trinajstić information content (AvgIpc) is 2.67. The standard InChI is InChI=1S/C9H14BrN3O3S/c1-3-4-13-8(15)11-12-9(13)17-5-6(10)7(14)16-2/h6H,3-5H2,1-2H3,(H,11,15). The van der Waals surface area contributed by atoms with E-state index < -0.39 is 4.83 Å². The van der Waals surface area contributed by atoms with Gasteiger partial charge in [0, 0.05) is 12.3 Å². The maximum atomic E-state index is 11.4. The highest BCUT2D eigenvalue weighted by Gasteiger charge is 2.17. The van der Waals surface area contributed by atoms with Crippen molar-refractivity contribution in [2.24, 2.45) is 0 Å². The maximum Gasteiger partial charge on any atom is 0.343 e. The quantitative estimate of drug-likeness (QED) is 0.480. The molecule has 1 aromatic heterocycles. The van der Waals surface area contributed by atoms with Gasteiger partial charge in [0.2, 0.25) is 0 Å². The second-order valence-electron chi connectivity index (χ2n) is 3.26. The summed E-state index contributed by atoms with van der Waals surface area (Å²) in [4.78, 5) is 22.2. The zero-order chi connectivity index (χ0) is 12.8. The summed E-state index contributed by atoms with van der Waals surface area (Å²) in [5.41, 5.74) is -0.224. The number of esters is 1. The van der Waals surface area contributed by atoms with Gasteiger partial charge in [-0.3, -0.25) is 9.36 Å².